The van der Waals surface area contributed by atoms with Gasteiger partial charge in [-0.3, -0.25) is 10.1 Å². The summed E-state index contributed by atoms with van der Waals surface area (Å²) in [7, 11) is 0. The molecule has 5 heteroatoms. The molecule has 104 valence electrons. The highest BCUT2D eigenvalue weighted by atomic mass is 16.6. The Morgan fingerprint density at radius 3 is 2.58 bits per heavy atom. The summed E-state index contributed by atoms with van der Waals surface area (Å²) in [6, 6.07) is 8.83. The molecule has 0 spiro atoms. The molecule has 2 rings (SSSR count). The lowest BCUT2D eigenvalue weighted by Crippen LogP contribution is -2.35. The zero-order valence-corrected chi connectivity index (χ0v) is 10.7. The van der Waals surface area contributed by atoms with Crippen molar-refractivity contribution >= 4 is 0 Å². The molecule has 0 saturated heterocycles. The smallest absolute Gasteiger partial charge is 0.241 e. The summed E-state index contributed by atoms with van der Waals surface area (Å²) in [4.78, 5) is 10.7. The molecule has 0 bridgehead atoms. The molecule has 0 heterocycles. The highest BCUT2D eigenvalue weighted by molar-refractivity contribution is 5.15. The lowest BCUT2D eigenvalue weighted by molar-refractivity contribution is -0.539. The molecule has 1 aliphatic rings. The van der Waals surface area contributed by atoms with Crippen LogP contribution in [0.1, 0.15) is 18.4 Å². The summed E-state index contributed by atoms with van der Waals surface area (Å²) in [6.45, 7) is -0.0964. The van der Waals surface area contributed by atoms with Gasteiger partial charge in [0.1, 0.15) is 6.10 Å². The van der Waals surface area contributed by atoms with Crippen molar-refractivity contribution in [2.75, 3.05) is 6.61 Å². The Kier molecular flexibility index (Phi) is 4.50. The van der Waals surface area contributed by atoms with E-state index in [-0.39, 0.29) is 18.4 Å². The van der Waals surface area contributed by atoms with Gasteiger partial charge in [-0.05, 0) is 30.7 Å². The van der Waals surface area contributed by atoms with Gasteiger partial charge in [-0.25, -0.2) is 0 Å². The summed E-state index contributed by atoms with van der Waals surface area (Å²) in [5.41, 5.74) is 1.13. The van der Waals surface area contributed by atoms with Crippen LogP contribution in [0.15, 0.2) is 30.3 Å². The van der Waals surface area contributed by atoms with E-state index in [9.17, 15) is 20.3 Å². The molecule has 0 amide bonds. The van der Waals surface area contributed by atoms with Gasteiger partial charge in [0.15, 0.2) is 0 Å². The number of aliphatic hydroxyl groups is 2. The van der Waals surface area contributed by atoms with Gasteiger partial charge in [-0.1, -0.05) is 30.3 Å². The average molecular weight is 265 g/mol. The highest BCUT2D eigenvalue weighted by Gasteiger charge is 2.49. The molecule has 2 N–H and O–H groups in total. The van der Waals surface area contributed by atoms with Crippen LogP contribution in [0.2, 0.25) is 0 Å². The molecule has 1 saturated carbocycles. The van der Waals surface area contributed by atoms with Gasteiger partial charge in [0.25, 0.3) is 0 Å². The Morgan fingerprint density at radius 1 is 1.32 bits per heavy atom. The third-order valence-corrected chi connectivity index (χ3v) is 4.07. The van der Waals surface area contributed by atoms with Crippen LogP contribution in [0.4, 0.5) is 0 Å². The molecule has 2 unspecified atom stereocenters. The van der Waals surface area contributed by atoms with Crippen molar-refractivity contribution in [1.82, 2.24) is 0 Å². The van der Waals surface area contributed by atoms with E-state index < -0.39 is 17.1 Å². The van der Waals surface area contributed by atoms with Crippen molar-refractivity contribution in [2.24, 2.45) is 11.8 Å². The van der Waals surface area contributed by atoms with Crippen molar-refractivity contribution in [1.29, 1.82) is 0 Å². The lowest BCUT2D eigenvalue weighted by atomic mass is 9.88. The zero-order valence-electron chi connectivity index (χ0n) is 10.7. The Morgan fingerprint density at radius 2 is 2.00 bits per heavy atom. The average Bonchev–Trinajstić information content (AvgIpc) is 2.73. The highest BCUT2D eigenvalue weighted by Crippen LogP contribution is 2.36. The summed E-state index contributed by atoms with van der Waals surface area (Å²) in [6.07, 6.45) is 0.742. The maximum Gasteiger partial charge on any atom is 0.241 e. The standard InChI is InChI=1S/C14H19NO4/c16-9-11-8-13(17)14(15(18)19)12(11)7-6-10-4-2-1-3-5-10/h1-5,11-14,16-17H,6-9H2/t11-,12+,13?,14?/m0/s1. The van der Waals surface area contributed by atoms with Crippen LogP contribution in [0.5, 0.6) is 0 Å². The molecule has 4 atom stereocenters. The molecule has 0 aromatic heterocycles. The van der Waals surface area contributed by atoms with E-state index in [0.29, 0.717) is 12.8 Å². The van der Waals surface area contributed by atoms with Gasteiger partial charge in [0.2, 0.25) is 6.04 Å². The number of nitrogens with zero attached hydrogens (tertiary/aromatic N) is 1. The predicted molar refractivity (Wildman–Crippen MR) is 70.2 cm³/mol. The SMILES string of the molecule is O=[N+]([O-])C1C(O)C[C@@H](CO)[C@H]1CCc1ccccc1. The van der Waals surface area contributed by atoms with Crippen LogP contribution in [0.25, 0.3) is 0 Å². The van der Waals surface area contributed by atoms with E-state index in [2.05, 4.69) is 0 Å². The fraction of sp³-hybridized carbons (Fsp3) is 0.571. The molecule has 5 nitrogen and oxygen atoms in total. The lowest BCUT2D eigenvalue weighted by Gasteiger charge is -2.18. The van der Waals surface area contributed by atoms with Crippen molar-refractivity contribution in [3.8, 4) is 0 Å². The molecule has 1 aliphatic carbocycles. The Balaban J connectivity index is 2.04. The maximum atomic E-state index is 11.1. The minimum atomic E-state index is -0.944. The third kappa shape index (κ3) is 3.11. The van der Waals surface area contributed by atoms with E-state index in [1.165, 1.54) is 0 Å². The van der Waals surface area contributed by atoms with Crippen LogP contribution in [-0.4, -0.2) is 33.9 Å². The number of hydrogen-bond donors (Lipinski definition) is 2. The predicted octanol–water partition coefficient (Wildman–Crippen LogP) is 1.25. The van der Waals surface area contributed by atoms with Gasteiger partial charge < -0.3 is 10.2 Å². The number of nitro groups is 1. The summed E-state index contributed by atoms with van der Waals surface area (Å²) in [5.74, 6) is -0.427. The number of benzene rings is 1. The molecule has 0 aliphatic heterocycles. The Hall–Kier alpha value is -1.46. The molecule has 1 aromatic carbocycles. The van der Waals surface area contributed by atoms with E-state index >= 15 is 0 Å². The molecule has 1 fully saturated rings. The third-order valence-electron chi connectivity index (χ3n) is 4.07. The van der Waals surface area contributed by atoms with Crippen molar-refractivity contribution in [3.63, 3.8) is 0 Å². The second kappa shape index (κ2) is 6.12. The van der Waals surface area contributed by atoms with Crippen molar-refractivity contribution in [2.45, 2.75) is 31.4 Å². The van der Waals surface area contributed by atoms with E-state index in [4.69, 9.17) is 0 Å². The van der Waals surface area contributed by atoms with E-state index in [0.717, 1.165) is 12.0 Å². The first-order valence-corrected chi connectivity index (χ1v) is 6.60. The molecular formula is C14H19NO4. The van der Waals surface area contributed by atoms with E-state index in [1.807, 2.05) is 30.3 Å². The normalized spacial score (nSPS) is 30.4. The maximum absolute atomic E-state index is 11.1. The van der Waals surface area contributed by atoms with Gasteiger partial charge in [-0.15, -0.1) is 0 Å². The molecule has 1 aromatic rings. The van der Waals surface area contributed by atoms with Gasteiger partial charge in [0, 0.05) is 17.4 Å². The van der Waals surface area contributed by atoms with Crippen LogP contribution in [0.3, 0.4) is 0 Å². The van der Waals surface area contributed by atoms with Gasteiger partial charge in [0.05, 0.1) is 0 Å². The van der Waals surface area contributed by atoms with Crippen LogP contribution in [-0.2, 0) is 6.42 Å². The second-order valence-electron chi connectivity index (χ2n) is 5.21. The minimum absolute atomic E-state index is 0.0964. The fourth-order valence-electron chi connectivity index (χ4n) is 3.08. The largest absolute Gasteiger partial charge is 0.396 e. The Bertz CT molecular complexity index is 423. The molecule has 19 heavy (non-hydrogen) atoms. The number of hydrogen-bond acceptors (Lipinski definition) is 4. The van der Waals surface area contributed by atoms with Gasteiger partial charge in [-0.2, -0.15) is 0 Å². The topological polar surface area (TPSA) is 83.6 Å². The zero-order chi connectivity index (χ0) is 13.8. The summed E-state index contributed by atoms with van der Waals surface area (Å²) < 4.78 is 0. The fourth-order valence-corrected chi connectivity index (χ4v) is 3.08. The summed E-state index contributed by atoms with van der Waals surface area (Å²) in [5, 5.41) is 30.2. The monoisotopic (exact) mass is 265 g/mol. The van der Waals surface area contributed by atoms with Crippen LogP contribution < -0.4 is 0 Å². The van der Waals surface area contributed by atoms with Crippen LogP contribution in [0, 0.1) is 22.0 Å². The number of aliphatic hydroxyl groups excluding tert-OH is 2. The van der Waals surface area contributed by atoms with Crippen molar-refractivity contribution < 1.29 is 15.1 Å². The quantitative estimate of drug-likeness (QED) is 0.620. The van der Waals surface area contributed by atoms with Gasteiger partial charge >= 0.3 is 0 Å². The first kappa shape index (κ1) is 14.0. The molecule has 0 radical (unpaired) electrons. The number of rotatable bonds is 5. The Labute approximate surface area is 112 Å². The minimum Gasteiger partial charge on any atom is -0.396 e. The summed E-state index contributed by atoms with van der Waals surface area (Å²) >= 11 is 0. The number of aryl methyl sites for hydroxylation is 1. The first-order valence-electron chi connectivity index (χ1n) is 6.60. The van der Waals surface area contributed by atoms with Crippen LogP contribution >= 0.6 is 0 Å². The second-order valence-corrected chi connectivity index (χ2v) is 5.21. The van der Waals surface area contributed by atoms with E-state index in [1.54, 1.807) is 0 Å². The first-order chi connectivity index (χ1) is 9.13. The molecular weight excluding hydrogens is 246 g/mol. The van der Waals surface area contributed by atoms with Crippen molar-refractivity contribution in [3.05, 3.63) is 46.0 Å².